The average molecular weight is 229 g/mol. The summed E-state index contributed by atoms with van der Waals surface area (Å²) in [6.45, 7) is 3.52. The largest absolute Gasteiger partial charge is 0.479 e. The van der Waals surface area contributed by atoms with Crippen molar-refractivity contribution in [3.05, 3.63) is 34.3 Å². The van der Waals surface area contributed by atoms with Crippen LogP contribution in [0.4, 0.5) is 0 Å². The molecule has 2 unspecified atom stereocenters. The fraction of sp³-hybridized carbons (Fsp3) is 0.364. The molecule has 0 amide bonds. The van der Waals surface area contributed by atoms with Crippen LogP contribution in [0.25, 0.3) is 0 Å². The maximum Gasteiger partial charge on any atom is 0.333 e. The van der Waals surface area contributed by atoms with E-state index in [0.29, 0.717) is 5.02 Å². The van der Waals surface area contributed by atoms with E-state index in [1.807, 2.05) is 13.0 Å². The molecule has 0 aromatic heterocycles. The second-order valence-corrected chi connectivity index (χ2v) is 3.99. The number of carbonyl (C=O) groups is 1. The number of rotatable bonds is 3. The summed E-state index contributed by atoms with van der Waals surface area (Å²) in [5.74, 6) is -1.69. The van der Waals surface area contributed by atoms with Gasteiger partial charge < -0.3 is 10.2 Å². The Hall–Kier alpha value is -1.06. The van der Waals surface area contributed by atoms with Crippen molar-refractivity contribution in [3.8, 4) is 0 Å². The van der Waals surface area contributed by atoms with E-state index in [4.69, 9.17) is 16.7 Å². The van der Waals surface area contributed by atoms with Crippen molar-refractivity contribution in [2.24, 2.45) is 0 Å². The molecule has 0 aliphatic rings. The molecule has 0 radical (unpaired) electrons. The lowest BCUT2D eigenvalue weighted by Crippen LogP contribution is -2.25. The van der Waals surface area contributed by atoms with Crippen LogP contribution >= 0.6 is 11.6 Å². The van der Waals surface area contributed by atoms with Crippen molar-refractivity contribution in [3.63, 3.8) is 0 Å². The molecule has 0 saturated carbocycles. The molecule has 4 heteroatoms. The number of benzene rings is 1. The summed E-state index contributed by atoms with van der Waals surface area (Å²) in [6.07, 6.45) is -1.40. The van der Waals surface area contributed by atoms with Gasteiger partial charge in [-0.05, 0) is 24.1 Å². The molecule has 3 nitrogen and oxygen atoms in total. The lowest BCUT2D eigenvalue weighted by Gasteiger charge is -2.16. The number of hydrogen-bond donors (Lipinski definition) is 2. The van der Waals surface area contributed by atoms with E-state index in [2.05, 4.69) is 0 Å². The summed E-state index contributed by atoms with van der Waals surface area (Å²) in [4.78, 5) is 10.6. The molecule has 2 atom stereocenters. The van der Waals surface area contributed by atoms with Crippen LogP contribution in [-0.4, -0.2) is 22.3 Å². The Morgan fingerprint density at radius 3 is 2.53 bits per heavy atom. The molecular weight excluding hydrogens is 216 g/mol. The Morgan fingerprint density at radius 1 is 1.47 bits per heavy atom. The quantitative estimate of drug-likeness (QED) is 0.834. The van der Waals surface area contributed by atoms with Crippen molar-refractivity contribution in [1.29, 1.82) is 0 Å². The van der Waals surface area contributed by atoms with Crippen molar-refractivity contribution in [1.82, 2.24) is 0 Å². The van der Waals surface area contributed by atoms with Gasteiger partial charge in [0.15, 0.2) is 6.10 Å². The minimum atomic E-state index is -1.40. The van der Waals surface area contributed by atoms with Gasteiger partial charge in [0.05, 0.1) is 0 Å². The van der Waals surface area contributed by atoms with Gasteiger partial charge in [0.25, 0.3) is 0 Å². The van der Waals surface area contributed by atoms with Crippen LogP contribution in [0.2, 0.25) is 5.02 Å². The van der Waals surface area contributed by atoms with Crippen molar-refractivity contribution < 1.29 is 15.0 Å². The fourth-order valence-electron chi connectivity index (χ4n) is 1.29. The number of carboxylic acid groups (broad SMARTS) is 1. The lowest BCUT2D eigenvalue weighted by atomic mass is 9.95. The van der Waals surface area contributed by atoms with E-state index >= 15 is 0 Å². The molecule has 0 aliphatic heterocycles. The van der Waals surface area contributed by atoms with Gasteiger partial charge in [-0.3, -0.25) is 0 Å². The van der Waals surface area contributed by atoms with Crippen molar-refractivity contribution >= 4 is 17.6 Å². The smallest absolute Gasteiger partial charge is 0.333 e. The van der Waals surface area contributed by atoms with Crippen LogP contribution in [-0.2, 0) is 4.79 Å². The number of aliphatic carboxylic acids is 1. The molecule has 1 rings (SSSR count). The van der Waals surface area contributed by atoms with Crippen LogP contribution in [0, 0.1) is 6.92 Å². The summed E-state index contributed by atoms with van der Waals surface area (Å²) in [6, 6.07) is 5.27. The van der Waals surface area contributed by atoms with Gasteiger partial charge in [-0.15, -0.1) is 0 Å². The first-order valence-electron chi connectivity index (χ1n) is 4.60. The minimum absolute atomic E-state index is 0.472. The third-order valence-electron chi connectivity index (χ3n) is 2.45. The number of aliphatic hydroxyl groups is 1. The first-order chi connectivity index (χ1) is 6.93. The highest BCUT2D eigenvalue weighted by molar-refractivity contribution is 6.31. The molecule has 2 N–H and O–H groups in total. The summed E-state index contributed by atoms with van der Waals surface area (Å²) >= 11 is 5.91. The monoisotopic (exact) mass is 228 g/mol. The average Bonchev–Trinajstić information content (AvgIpc) is 2.19. The number of halogens is 1. The molecule has 0 fully saturated rings. The topological polar surface area (TPSA) is 57.5 Å². The lowest BCUT2D eigenvalue weighted by molar-refractivity contribution is -0.147. The molecule has 1 aromatic rings. The predicted molar refractivity (Wildman–Crippen MR) is 58.2 cm³/mol. The fourth-order valence-corrected chi connectivity index (χ4v) is 1.48. The summed E-state index contributed by atoms with van der Waals surface area (Å²) in [7, 11) is 0. The highest BCUT2D eigenvalue weighted by Crippen LogP contribution is 2.24. The Kier molecular flexibility index (Phi) is 3.72. The maximum atomic E-state index is 10.6. The van der Waals surface area contributed by atoms with Gasteiger partial charge >= 0.3 is 5.97 Å². The molecule has 1 aromatic carbocycles. The Bertz CT molecular complexity index is 376. The molecule has 15 heavy (non-hydrogen) atoms. The molecule has 0 aliphatic carbocycles. The zero-order valence-electron chi connectivity index (χ0n) is 8.57. The highest BCUT2D eigenvalue weighted by atomic mass is 35.5. The summed E-state index contributed by atoms with van der Waals surface area (Å²) < 4.78 is 0. The first kappa shape index (κ1) is 12.0. The van der Waals surface area contributed by atoms with Crippen LogP contribution in [0.5, 0.6) is 0 Å². The Morgan fingerprint density at radius 2 is 2.07 bits per heavy atom. The van der Waals surface area contributed by atoms with Crippen LogP contribution in [0.3, 0.4) is 0 Å². The molecule has 0 bridgehead atoms. The number of hydrogen-bond acceptors (Lipinski definition) is 2. The van der Waals surface area contributed by atoms with Gasteiger partial charge in [0.2, 0.25) is 0 Å². The van der Waals surface area contributed by atoms with Crippen LogP contribution in [0.15, 0.2) is 18.2 Å². The van der Waals surface area contributed by atoms with Gasteiger partial charge in [-0.2, -0.15) is 0 Å². The third kappa shape index (κ3) is 2.70. The molecule has 0 saturated heterocycles. The minimum Gasteiger partial charge on any atom is -0.479 e. The van der Waals surface area contributed by atoms with E-state index in [1.54, 1.807) is 19.1 Å². The van der Waals surface area contributed by atoms with E-state index < -0.39 is 18.0 Å². The molecule has 0 spiro atoms. The Labute approximate surface area is 93.3 Å². The van der Waals surface area contributed by atoms with Crippen LogP contribution in [0.1, 0.15) is 24.0 Å². The molecule has 0 heterocycles. The van der Waals surface area contributed by atoms with E-state index in [0.717, 1.165) is 11.1 Å². The van der Waals surface area contributed by atoms with Gasteiger partial charge in [-0.25, -0.2) is 4.79 Å². The zero-order valence-corrected chi connectivity index (χ0v) is 9.32. The normalized spacial score (nSPS) is 14.7. The highest BCUT2D eigenvalue weighted by Gasteiger charge is 2.23. The number of aliphatic hydroxyl groups excluding tert-OH is 1. The Balaban J connectivity index is 2.96. The maximum absolute atomic E-state index is 10.6. The van der Waals surface area contributed by atoms with E-state index in [9.17, 15) is 9.90 Å². The molecular formula is C11H13ClO3. The van der Waals surface area contributed by atoms with Crippen LogP contribution < -0.4 is 0 Å². The first-order valence-corrected chi connectivity index (χ1v) is 4.98. The third-order valence-corrected chi connectivity index (χ3v) is 2.86. The summed E-state index contributed by atoms with van der Waals surface area (Å²) in [5.41, 5.74) is 1.65. The second kappa shape index (κ2) is 4.64. The predicted octanol–water partition coefficient (Wildman–Crippen LogP) is 2.20. The number of aryl methyl sites for hydroxylation is 1. The standard InChI is InChI=1S/C11H13ClO3/c1-6-3-4-8(5-9(6)12)7(2)10(13)11(14)15/h3-5,7,10,13H,1-2H3,(H,14,15). The SMILES string of the molecule is Cc1ccc(C(C)C(O)C(=O)O)cc1Cl. The van der Waals surface area contributed by atoms with Crippen molar-refractivity contribution in [2.45, 2.75) is 25.9 Å². The number of carboxylic acids is 1. The van der Waals surface area contributed by atoms with Gasteiger partial charge in [-0.1, -0.05) is 30.7 Å². The second-order valence-electron chi connectivity index (χ2n) is 3.58. The van der Waals surface area contributed by atoms with Gasteiger partial charge in [0.1, 0.15) is 0 Å². The van der Waals surface area contributed by atoms with E-state index in [1.165, 1.54) is 0 Å². The van der Waals surface area contributed by atoms with E-state index in [-0.39, 0.29) is 0 Å². The van der Waals surface area contributed by atoms with Crippen molar-refractivity contribution in [2.75, 3.05) is 0 Å². The summed E-state index contributed by atoms with van der Waals surface area (Å²) in [5, 5.41) is 18.6. The molecule has 82 valence electrons. The van der Waals surface area contributed by atoms with Gasteiger partial charge in [0, 0.05) is 10.9 Å². The zero-order chi connectivity index (χ0) is 11.6.